The van der Waals surface area contributed by atoms with Crippen molar-refractivity contribution in [3.8, 4) is 0 Å². The minimum absolute atomic E-state index is 0.193. The van der Waals surface area contributed by atoms with Crippen LogP contribution in [0.15, 0.2) is 0 Å². The number of thiocarbonyl (C=S) groups is 1. The van der Waals surface area contributed by atoms with Gasteiger partial charge in [-0.25, -0.2) is 0 Å². The second-order valence-corrected chi connectivity index (χ2v) is 3.94. The Morgan fingerprint density at radius 1 is 1.23 bits per heavy atom. The number of hydrogen-bond acceptors (Lipinski definition) is 2. The molecular formula is C9H20N2OS. The third-order valence-corrected chi connectivity index (χ3v) is 1.91. The lowest BCUT2D eigenvalue weighted by Crippen LogP contribution is -2.40. The van der Waals surface area contributed by atoms with Crippen molar-refractivity contribution in [3.63, 3.8) is 0 Å². The van der Waals surface area contributed by atoms with E-state index in [9.17, 15) is 0 Å². The van der Waals surface area contributed by atoms with Crippen molar-refractivity contribution in [2.24, 2.45) is 5.92 Å². The van der Waals surface area contributed by atoms with E-state index in [4.69, 9.17) is 17.0 Å². The monoisotopic (exact) mass is 204 g/mol. The van der Waals surface area contributed by atoms with Gasteiger partial charge in [0.05, 0.1) is 6.10 Å². The van der Waals surface area contributed by atoms with Crippen LogP contribution in [-0.2, 0) is 4.74 Å². The zero-order valence-electron chi connectivity index (χ0n) is 8.89. The van der Waals surface area contributed by atoms with Crippen molar-refractivity contribution in [3.05, 3.63) is 0 Å². The summed E-state index contributed by atoms with van der Waals surface area (Å²) in [7, 11) is 1.69. The van der Waals surface area contributed by atoms with Gasteiger partial charge in [0.25, 0.3) is 0 Å². The fraction of sp³-hybridized carbons (Fsp3) is 0.889. The van der Waals surface area contributed by atoms with Gasteiger partial charge in [-0.2, -0.15) is 0 Å². The maximum Gasteiger partial charge on any atom is 0.166 e. The van der Waals surface area contributed by atoms with Crippen LogP contribution in [0.4, 0.5) is 0 Å². The Labute approximate surface area is 86.2 Å². The average molecular weight is 204 g/mol. The molecule has 78 valence electrons. The Bertz CT molecular complexity index is 151. The molecule has 2 N–H and O–H groups in total. The normalized spacial score (nSPS) is 12.7. The van der Waals surface area contributed by atoms with Gasteiger partial charge in [0, 0.05) is 20.2 Å². The molecule has 0 aromatic carbocycles. The van der Waals surface area contributed by atoms with E-state index in [2.05, 4.69) is 24.5 Å². The van der Waals surface area contributed by atoms with Crippen molar-refractivity contribution in [2.75, 3.05) is 20.2 Å². The average Bonchev–Trinajstić information content (AvgIpc) is 2.10. The molecule has 0 aliphatic carbocycles. The first-order valence-corrected chi connectivity index (χ1v) is 5.01. The molecule has 0 amide bonds. The third kappa shape index (κ3) is 7.99. The van der Waals surface area contributed by atoms with Crippen LogP contribution in [-0.4, -0.2) is 31.4 Å². The first kappa shape index (κ1) is 12.7. The standard InChI is InChI=1S/C9H20N2OS/c1-7(2)5-10-9(13)11-6-8(3)12-4/h7-8H,5-6H2,1-4H3,(H2,10,11,13). The van der Waals surface area contributed by atoms with E-state index in [1.54, 1.807) is 7.11 Å². The third-order valence-electron chi connectivity index (χ3n) is 1.62. The predicted molar refractivity (Wildman–Crippen MR) is 59.9 cm³/mol. The molecule has 0 bridgehead atoms. The Hall–Kier alpha value is -0.350. The topological polar surface area (TPSA) is 33.3 Å². The van der Waals surface area contributed by atoms with Crippen LogP contribution in [0, 0.1) is 5.92 Å². The Balaban J connectivity index is 3.40. The van der Waals surface area contributed by atoms with Gasteiger partial charge in [-0.3, -0.25) is 0 Å². The van der Waals surface area contributed by atoms with Crippen LogP contribution in [0.2, 0.25) is 0 Å². The molecule has 0 saturated carbocycles. The van der Waals surface area contributed by atoms with Crippen LogP contribution in [0.5, 0.6) is 0 Å². The maximum absolute atomic E-state index is 5.08. The highest BCUT2D eigenvalue weighted by atomic mass is 32.1. The van der Waals surface area contributed by atoms with Crippen molar-refractivity contribution in [1.29, 1.82) is 0 Å². The molecule has 3 nitrogen and oxygen atoms in total. The van der Waals surface area contributed by atoms with Crippen LogP contribution in [0.1, 0.15) is 20.8 Å². The summed E-state index contributed by atoms with van der Waals surface area (Å²) in [5.41, 5.74) is 0. The first-order chi connectivity index (χ1) is 6.06. The summed E-state index contributed by atoms with van der Waals surface area (Å²) >= 11 is 5.06. The summed E-state index contributed by atoms with van der Waals surface area (Å²) in [6, 6.07) is 0. The van der Waals surface area contributed by atoms with Crippen LogP contribution < -0.4 is 10.6 Å². The van der Waals surface area contributed by atoms with E-state index < -0.39 is 0 Å². The molecule has 0 aliphatic heterocycles. The number of hydrogen-bond donors (Lipinski definition) is 2. The van der Waals surface area contributed by atoms with E-state index in [1.807, 2.05) is 6.92 Å². The van der Waals surface area contributed by atoms with Crippen molar-refractivity contribution in [1.82, 2.24) is 10.6 Å². The van der Waals surface area contributed by atoms with Gasteiger partial charge in [-0.1, -0.05) is 13.8 Å². The zero-order chi connectivity index (χ0) is 10.3. The summed E-state index contributed by atoms with van der Waals surface area (Å²) < 4.78 is 5.08. The van der Waals surface area contributed by atoms with Crippen LogP contribution >= 0.6 is 12.2 Å². The molecule has 0 aromatic heterocycles. The molecule has 13 heavy (non-hydrogen) atoms. The molecule has 0 saturated heterocycles. The highest BCUT2D eigenvalue weighted by Crippen LogP contribution is 1.87. The SMILES string of the molecule is COC(C)CNC(=S)NCC(C)C. The van der Waals surface area contributed by atoms with Gasteiger partial charge in [0.2, 0.25) is 0 Å². The summed E-state index contributed by atoms with van der Waals surface area (Å²) in [5.74, 6) is 0.611. The minimum atomic E-state index is 0.193. The molecule has 1 unspecified atom stereocenters. The lowest BCUT2D eigenvalue weighted by Gasteiger charge is -2.14. The van der Waals surface area contributed by atoms with Gasteiger partial charge in [-0.15, -0.1) is 0 Å². The van der Waals surface area contributed by atoms with Crippen molar-refractivity contribution >= 4 is 17.3 Å². The number of ether oxygens (including phenoxy) is 1. The highest BCUT2D eigenvalue weighted by Gasteiger charge is 2.00. The quantitative estimate of drug-likeness (QED) is 0.658. The maximum atomic E-state index is 5.08. The number of methoxy groups -OCH3 is 1. The molecule has 4 heteroatoms. The van der Waals surface area contributed by atoms with Gasteiger partial charge >= 0.3 is 0 Å². The second-order valence-electron chi connectivity index (χ2n) is 3.53. The summed E-state index contributed by atoms with van der Waals surface area (Å²) in [6.07, 6.45) is 0.193. The molecular weight excluding hydrogens is 184 g/mol. The second kappa shape index (κ2) is 7.09. The van der Waals surface area contributed by atoms with Crippen molar-refractivity contribution in [2.45, 2.75) is 26.9 Å². The van der Waals surface area contributed by atoms with Crippen LogP contribution in [0.25, 0.3) is 0 Å². The first-order valence-electron chi connectivity index (χ1n) is 4.60. The fourth-order valence-corrected chi connectivity index (χ4v) is 0.846. The van der Waals surface area contributed by atoms with E-state index >= 15 is 0 Å². The van der Waals surface area contributed by atoms with Crippen LogP contribution in [0.3, 0.4) is 0 Å². The molecule has 0 rings (SSSR count). The molecule has 0 aliphatic rings. The lowest BCUT2D eigenvalue weighted by molar-refractivity contribution is 0.121. The number of rotatable bonds is 5. The summed E-state index contributed by atoms with van der Waals surface area (Å²) in [5, 5.41) is 6.92. The van der Waals surface area contributed by atoms with E-state index in [1.165, 1.54) is 0 Å². The van der Waals surface area contributed by atoms with Gasteiger partial charge in [-0.05, 0) is 25.1 Å². The molecule has 0 spiro atoms. The largest absolute Gasteiger partial charge is 0.380 e. The van der Waals surface area contributed by atoms with Gasteiger partial charge < -0.3 is 15.4 Å². The Morgan fingerprint density at radius 2 is 1.77 bits per heavy atom. The van der Waals surface area contributed by atoms with E-state index in [0.29, 0.717) is 11.0 Å². The lowest BCUT2D eigenvalue weighted by atomic mass is 10.2. The number of nitrogens with one attached hydrogen (secondary N) is 2. The molecule has 0 radical (unpaired) electrons. The van der Waals surface area contributed by atoms with E-state index in [-0.39, 0.29) is 6.10 Å². The predicted octanol–water partition coefficient (Wildman–Crippen LogP) is 1.14. The molecule has 1 atom stereocenters. The smallest absolute Gasteiger partial charge is 0.166 e. The van der Waals surface area contributed by atoms with E-state index in [0.717, 1.165) is 13.1 Å². The van der Waals surface area contributed by atoms with Crippen molar-refractivity contribution < 1.29 is 4.74 Å². The Morgan fingerprint density at radius 3 is 2.23 bits per heavy atom. The minimum Gasteiger partial charge on any atom is -0.380 e. The molecule has 0 fully saturated rings. The fourth-order valence-electron chi connectivity index (χ4n) is 0.679. The molecule has 0 heterocycles. The highest BCUT2D eigenvalue weighted by molar-refractivity contribution is 7.80. The van der Waals surface area contributed by atoms with Gasteiger partial charge in [0.15, 0.2) is 5.11 Å². The summed E-state index contributed by atoms with van der Waals surface area (Å²) in [4.78, 5) is 0. The van der Waals surface area contributed by atoms with Gasteiger partial charge in [0.1, 0.15) is 0 Å². The zero-order valence-corrected chi connectivity index (χ0v) is 9.70. The Kier molecular flexibility index (Phi) is 6.90. The molecule has 0 aromatic rings. The summed E-state index contributed by atoms with van der Waals surface area (Å²) in [6.45, 7) is 7.95.